The summed E-state index contributed by atoms with van der Waals surface area (Å²) >= 11 is 1.24. The first-order valence-electron chi connectivity index (χ1n) is 11.0. The van der Waals surface area contributed by atoms with E-state index in [1.807, 2.05) is 23.1 Å². The van der Waals surface area contributed by atoms with Gasteiger partial charge in [-0.3, -0.25) is 9.69 Å². The minimum Gasteiger partial charge on any atom is -0.486 e. The zero-order chi connectivity index (χ0) is 22.1. The van der Waals surface area contributed by atoms with Crippen LogP contribution in [0.4, 0.5) is 0 Å². The molecule has 8 nitrogen and oxygen atoms in total. The van der Waals surface area contributed by atoms with Crippen LogP contribution < -0.4 is 9.47 Å². The Morgan fingerprint density at radius 3 is 2.56 bits per heavy atom. The van der Waals surface area contributed by atoms with Gasteiger partial charge < -0.3 is 14.4 Å². The van der Waals surface area contributed by atoms with Gasteiger partial charge in [-0.2, -0.15) is 4.31 Å². The fourth-order valence-corrected chi connectivity index (χ4v) is 7.19. The van der Waals surface area contributed by atoms with Crippen LogP contribution in [0.25, 0.3) is 0 Å². The minimum absolute atomic E-state index is 0.0406. The van der Waals surface area contributed by atoms with E-state index in [-0.39, 0.29) is 11.9 Å². The Labute approximate surface area is 192 Å². The number of fused-ring (bicyclic) bond motifs is 1. The summed E-state index contributed by atoms with van der Waals surface area (Å²) < 4.78 is 38.7. The van der Waals surface area contributed by atoms with Gasteiger partial charge >= 0.3 is 0 Å². The average molecular weight is 478 g/mol. The van der Waals surface area contributed by atoms with Gasteiger partial charge in [0.15, 0.2) is 11.5 Å². The Morgan fingerprint density at radius 1 is 1.03 bits per heavy atom. The number of sulfonamides is 1. The van der Waals surface area contributed by atoms with Crippen molar-refractivity contribution in [1.29, 1.82) is 0 Å². The summed E-state index contributed by atoms with van der Waals surface area (Å²) in [4.78, 5) is 17.2. The van der Waals surface area contributed by atoms with E-state index in [9.17, 15) is 13.2 Å². The molecule has 32 heavy (non-hydrogen) atoms. The predicted molar refractivity (Wildman–Crippen MR) is 121 cm³/mol. The molecule has 172 valence electrons. The first-order chi connectivity index (χ1) is 15.5. The van der Waals surface area contributed by atoms with Crippen molar-refractivity contribution in [3.8, 4) is 11.5 Å². The van der Waals surface area contributed by atoms with Crippen molar-refractivity contribution in [2.75, 3.05) is 52.5 Å². The van der Waals surface area contributed by atoms with Gasteiger partial charge in [0.05, 0.1) is 12.6 Å². The van der Waals surface area contributed by atoms with Crippen LogP contribution in [0.2, 0.25) is 0 Å². The third kappa shape index (κ3) is 4.24. The SMILES string of the molecule is O=C(CN1CCN(S(=O)(=O)c2cccs2)CC1)N1CCCC1c1ccc2c(c1)OCCO2. The van der Waals surface area contributed by atoms with Gasteiger partial charge in [0.25, 0.3) is 10.0 Å². The fraction of sp³-hybridized carbons (Fsp3) is 0.500. The number of carbonyl (C=O) groups excluding carboxylic acids is 1. The number of carbonyl (C=O) groups is 1. The van der Waals surface area contributed by atoms with Crippen molar-refractivity contribution < 1.29 is 22.7 Å². The summed E-state index contributed by atoms with van der Waals surface area (Å²) in [5.41, 5.74) is 1.08. The molecule has 0 radical (unpaired) electrons. The first-order valence-corrected chi connectivity index (χ1v) is 13.3. The van der Waals surface area contributed by atoms with E-state index in [4.69, 9.17) is 9.47 Å². The van der Waals surface area contributed by atoms with Crippen molar-refractivity contribution >= 4 is 27.3 Å². The van der Waals surface area contributed by atoms with E-state index in [2.05, 4.69) is 4.90 Å². The third-order valence-electron chi connectivity index (χ3n) is 6.30. The van der Waals surface area contributed by atoms with Crippen LogP contribution in [0.3, 0.4) is 0 Å². The summed E-state index contributed by atoms with van der Waals surface area (Å²) in [5, 5.41) is 1.77. The number of amides is 1. The minimum atomic E-state index is -3.43. The zero-order valence-corrected chi connectivity index (χ0v) is 19.4. The van der Waals surface area contributed by atoms with E-state index in [1.165, 1.54) is 15.6 Å². The lowest BCUT2D eigenvalue weighted by Gasteiger charge is -2.35. The lowest BCUT2D eigenvalue weighted by Crippen LogP contribution is -2.51. The van der Waals surface area contributed by atoms with Crippen LogP contribution in [0.15, 0.2) is 39.9 Å². The smallest absolute Gasteiger partial charge is 0.252 e. The summed E-state index contributed by atoms with van der Waals surface area (Å²) in [7, 11) is -3.43. The number of hydrogen-bond donors (Lipinski definition) is 0. The summed E-state index contributed by atoms with van der Waals surface area (Å²) in [6, 6.07) is 9.38. The van der Waals surface area contributed by atoms with Crippen LogP contribution in [-0.4, -0.2) is 80.9 Å². The van der Waals surface area contributed by atoms with E-state index in [0.717, 1.165) is 36.4 Å². The quantitative estimate of drug-likeness (QED) is 0.657. The standard InChI is InChI=1S/C22H27N3O5S2/c26-21(16-23-8-10-24(11-9-23)32(27,28)22-4-2-14-31-22)25-7-1-3-18(25)17-5-6-19-20(15-17)30-13-12-29-19/h2,4-6,14-15,18H,1,3,7-13,16H2. The second-order valence-corrected chi connectivity index (χ2v) is 11.4. The summed E-state index contributed by atoms with van der Waals surface area (Å²) in [5.74, 6) is 1.60. The van der Waals surface area contributed by atoms with Crippen LogP contribution in [0.5, 0.6) is 11.5 Å². The van der Waals surface area contributed by atoms with E-state index >= 15 is 0 Å². The average Bonchev–Trinajstić information content (AvgIpc) is 3.52. The molecule has 1 aromatic carbocycles. The highest BCUT2D eigenvalue weighted by molar-refractivity contribution is 7.91. The molecular weight excluding hydrogens is 450 g/mol. The molecule has 4 heterocycles. The van der Waals surface area contributed by atoms with Crippen molar-refractivity contribution in [3.63, 3.8) is 0 Å². The number of rotatable bonds is 5. The molecule has 0 saturated carbocycles. The number of piperazine rings is 1. The van der Waals surface area contributed by atoms with Gasteiger partial charge in [-0.1, -0.05) is 12.1 Å². The Kier molecular flexibility index (Phi) is 6.11. The second kappa shape index (κ2) is 9.01. The second-order valence-electron chi connectivity index (χ2n) is 8.26. The van der Waals surface area contributed by atoms with Gasteiger partial charge in [-0.15, -0.1) is 11.3 Å². The Bertz CT molecular complexity index is 1070. The van der Waals surface area contributed by atoms with Crippen molar-refractivity contribution in [3.05, 3.63) is 41.3 Å². The van der Waals surface area contributed by atoms with Crippen LogP contribution >= 0.6 is 11.3 Å². The number of nitrogens with zero attached hydrogens (tertiary/aromatic N) is 3. The van der Waals surface area contributed by atoms with Crippen LogP contribution in [0, 0.1) is 0 Å². The fourth-order valence-electron chi connectivity index (χ4n) is 4.63. The van der Waals surface area contributed by atoms with Crippen LogP contribution in [-0.2, 0) is 14.8 Å². The lowest BCUT2D eigenvalue weighted by atomic mass is 10.0. The van der Waals surface area contributed by atoms with Crippen molar-refractivity contribution in [1.82, 2.24) is 14.1 Å². The lowest BCUT2D eigenvalue weighted by molar-refractivity contribution is -0.133. The van der Waals surface area contributed by atoms with Gasteiger partial charge in [0, 0.05) is 32.7 Å². The van der Waals surface area contributed by atoms with E-state index < -0.39 is 10.0 Å². The number of thiophene rings is 1. The molecule has 2 aromatic rings. The number of ether oxygens (including phenoxy) is 2. The molecule has 1 amide bonds. The monoisotopic (exact) mass is 477 g/mol. The Balaban J connectivity index is 1.20. The molecule has 1 unspecified atom stereocenters. The van der Waals surface area contributed by atoms with Crippen molar-refractivity contribution in [2.45, 2.75) is 23.1 Å². The van der Waals surface area contributed by atoms with E-state index in [0.29, 0.717) is 50.1 Å². The Hall–Kier alpha value is -2.14. The molecule has 0 N–H and O–H groups in total. The normalized spacial score (nSPS) is 22.2. The van der Waals surface area contributed by atoms with E-state index in [1.54, 1.807) is 17.5 Å². The first kappa shape index (κ1) is 21.7. The maximum Gasteiger partial charge on any atom is 0.252 e. The highest BCUT2D eigenvalue weighted by Crippen LogP contribution is 2.38. The topological polar surface area (TPSA) is 79.4 Å². The molecule has 0 spiro atoms. The summed E-state index contributed by atoms with van der Waals surface area (Å²) in [6.45, 7) is 4.06. The third-order valence-corrected chi connectivity index (χ3v) is 9.58. The number of likely N-dealkylation sites (tertiary alicyclic amines) is 1. The maximum atomic E-state index is 13.1. The molecule has 1 atom stereocenters. The van der Waals surface area contributed by atoms with Gasteiger partial charge in [-0.05, 0) is 42.0 Å². The molecule has 3 aliphatic rings. The number of benzene rings is 1. The van der Waals surface area contributed by atoms with Gasteiger partial charge in [0.1, 0.15) is 17.4 Å². The molecular formula is C22H27N3O5S2. The Morgan fingerprint density at radius 2 is 1.81 bits per heavy atom. The molecule has 2 fully saturated rings. The molecule has 10 heteroatoms. The van der Waals surface area contributed by atoms with Gasteiger partial charge in [-0.25, -0.2) is 8.42 Å². The molecule has 1 aromatic heterocycles. The zero-order valence-electron chi connectivity index (χ0n) is 17.8. The molecule has 2 saturated heterocycles. The maximum absolute atomic E-state index is 13.1. The largest absolute Gasteiger partial charge is 0.486 e. The molecule has 5 rings (SSSR count). The predicted octanol–water partition coefficient (Wildman–Crippen LogP) is 2.19. The van der Waals surface area contributed by atoms with Crippen LogP contribution in [0.1, 0.15) is 24.4 Å². The molecule has 0 aliphatic carbocycles. The highest BCUT2D eigenvalue weighted by atomic mass is 32.2. The molecule has 0 bridgehead atoms. The molecule has 3 aliphatic heterocycles. The summed E-state index contributed by atoms with van der Waals surface area (Å²) in [6.07, 6.45) is 1.90. The van der Waals surface area contributed by atoms with Gasteiger partial charge in [0.2, 0.25) is 5.91 Å². The van der Waals surface area contributed by atoms with Crippen molar-refractivity contribution in [2.24, 2.45) is 0 Å². The highest BCUT2D eigenvalue weighted by Gasteiger charge is 2.34. The number of hydrogen-bond acceptors (Lipinski definition) is 7.